The van der Waals surface area contributed by atoms with Gasteiger partial charge in [-0.3, -0.25) is 4.79 Å². The first-order chi connectivity index (χ1) is 11.2. The number of amides is 1. The lowest BCUT2D eigenvalue weighted by molar-refractivity contribution is -0.143. The third-order valence-corrected chi connectivity index (χ3v) is 5.10. The number of halogens is 1. The number of morpholine rings is 1. The van der Waals surface area contributed by atoms with Crippen LogP contribution in [-0.2, 0) is 16.0 Å². The van der Waals surface area contributed by atoms with Crippen molar-refractivity contribution in [2.24, 2.45) is 0 Å². The summed E-state index contributed by atoms with van der Waals surface area (Å²) >= 11 is 6.26. The molecule has 1 aromatic carbocycles. The van der Waals surface area contributed by atoms with Gasteiger partial charge < -0.3 is 19.1 Å². The van der Waals surface area contributed by atoms with Crippen LogP contribution >= 0.6 is 11.6 Å². The number of benzene rings is 1. The van der Waals surface area contributed by atoms with Gasteiger partial charge in [-0.05, 0) is 37.0 Å². The summed E-state index contributed by atoms with van der Waals surface area (Å²) in [5.74, 6) is 1.35. The van der Waals surface area contributed by atoms with E-state index in [0.29, 0.717) is 49.3 Å². The largest absolute Gasteiger partial charge is 0.486 e. The summed E-state index contributed by atoms with van der Waals surface area (Å²) in [6.07, 6.45) is 3.79. The molecule has 0 spiro atoms. The lowest BCUT2D eigenvalue weighted by Crippen LogP contribution is -2.51. The molecule has 2 heterocycles. The van der Waals surface area contributed by atoms with Gasteiger partial charge in [0.1, 0.15) is 13.2 Å². The second-order valence-electron chi connectivity index (χ2n) is 6.27. The minimum Gasteiger partial charge on any atom is -0.486 e. The first-order valence-electron chi connectivity index (χ1n) is 8.21. The van der Waals surface area contributed by atoms with Crippen LogP contribution in [0, 0.1) is 0 Å². The molecular formula is C17H20ClNO4. The van der Waals surface area contributed by atoms with Crippen LogP contribution in [0.3, 0.4) is 0 Å². The summed E-state index contributed by atoms with van der Waals surface area (Å²) in [6.45, 7) is 2.32. The van der Waals surface area contributed by atoms with Crippen molar-refractivity contribution in [1.29, 1.82) is 0 Å². The summed E-state index contributed by atoms with van der Waals surface area (Å²) < 4.78 is 16.9. The standard InChI is InChI=1S/C17H20ClNO4/c18-12-8-11(9-15-17(12)23-7-6-22-15)10-16(20)19-4-5-21-14-3-1-2-13(14)19/h8-9,13-14H,1-7,10H2/t13-,14-/m1/s1. The lowest BCUT2D eigenvalue weighted by Gasteiger charge is -2.37. The normalized spacial score (nSPS) is 26.0. The number of carbonyl (C=O) groups is 1. The van der Waals surface area contributed by atoms with Gasteiger partial charge in [-0.1, -0.05) is 11.6 Å². The number of fused-ring (bicyclic) bond motifs is 2. The van der Waals surface area contributed by atoms with Crippen LogP contribution < -0.4 is 9.47 Å². The smallest absolute Gasteiger partial charge is 0.227 e. The van der Waals surface area contributed by atoms with Gasteiger partial charge in [0, 0.05) is 6.54 Å². The van der Waals surface area contributed by atoms with Crippen LogP contribution in [0.15, 0.2) is 12.1 Å². The van der Waals surface area contributed by atoms with Crippen molar-refractivity contribution >= 4 is 17.5 Å². The summed E-state index contributed by atoms with van der Waals surface area (Å²) in [5, 5.41) is 0.505. The van der Waals surface area contributed by atoms with Crippen LogP contribution in [0.1, 0.15) is 24.8 Å². The van der Waals surface area contributed by atoms with Gasteiger partial charge in [0.15, 0.2) is 11.5 Å². The summed E-state index contributed by atoms with van der Waals surface area (Å²) in [7, 11) is 0. The van der Waals surface area contributed by atoms with Gasteiger partial charge in [0.25, 0.3) is 0 Å². The monoisotopic (exact) mass is 337 g/mol. The zero-order chi connectivity index (χ0) is 15.8. The molecule has 0 unspecified atom stereocenters. The molecule has 124 valence electrons. The number of carbonyl (C=O) groups excluding carboxylic acids is 1. The molecule has 1 saturated carbocycles. The fourth-order valence-electron chi connectivity index (χ4n) is 3.78. The molecule has 1 saturated heterocycles. The average molecular weight is 338 g/mol. The Balaban J connectivity index is 1.51. The second kappa shape index (κ2) is 6.21. The highest BCUT2D eigenvalue weighted by Gasteiger charge is 2.38. The third kappa shape index (κ3) is 2.88. The van der Waals surface area contributed by atoms with Crippen molar-refractivity contribution in [3.63, 3.8) is 0 Å². The molecular weight excluding hydrogens is 318 g/mol. The Labute approximate surface area is 140 Å². The van der Waals surface area contributed by atoms with Crippen molar-refractivity contribution in [2.75, 3.05) is 26.4 Å². The molecule has 5 nitrogen and oxygen atoms in total. The fraction of sp³-hybridized carbons (Fsp3) is 0.588. The molecule has 3 aliphatic rings. The van der Waals surface area contributed by atoms with E-state index >= 15 is 0 Å². The number of ether oxygens (including phenoxy) is 3. The predicted octanol–water partition coefficient (Wildman–Crippen LogP) is 2.43. The molecule has 2 atom stereocenters. The predicted molar refractivity (Wildman–Crippen MR) is 85.2 cm³/mol. The van der Waals surface area contributed by atoms with Gasteiger partial charge in [0.2, 0.25) is 5.91 Å². The molecule has 0 aromatic heterocycles. The minimum atomic E-state index is 0.137. The zero-order valence-corrected chi connectivity index (χ0v) is 13.7. The highest BCUT2D eigenvalue weighted by molar-refractivity contribution is 6.32. The maximum Gasteiger partial charge on any atom is 0.227 e. The van der Waals surface area contributed by atoms with Gasteiger partial charge in [-0.15, -0.1) is 0 Å². The molecule has 4 rings (SSSR count). The van der Waals surface area contributed by atoms with Gasteiger partial charge >= 0.3 is 0 Å². The topological polar surface area (TPSA) is 48.0 Å². The molecule has 2 aliphatic heterocycles. The second-order valence-corrected chi connectivity index (χ2v) is 6.68. The van der Waals surface area contributed by atoms with Crippen LogP contribution in [0.4, 0.5) is 0 Å². The Morgan fingerprint density at radius 1 is 1.22 bits per heavy atom. The van der Waals surface area contributed by atoms with Crippen molar-refractivity contribution in [1.82, 2.24) is 4.90 Å². The molecule has 23 heavy (non-hydrogen) atoms. The first-order valence-corrected chi connectivity index (χ1v) is 8.59. The zero-order valence-electron chi connectivity index (χ0n) is 12.9. The van der Waals surface area contributed by atoms with Crippen molar-refractivity contribution < 1.29 is 19.0 Å². The number of nitrogens with zero attached hydrogens (tertiary/aromatic N) is 1. The van der Waals surface area contributed by atoms with Gasteiger partial charge in [-0.2, -0.15) is 0 Å². The van der Waals surface area contributed by atoms with Crippen LogP contribution in [0.2, 0.25) is 5.02 Å². The third-order valence-electron chi connectivity index (χ3n) is 4.81. The number of rotatable bonds is 2. The Morgan fingerprint density at radius 3 is 3.00 bits per heavy atom. The van der Waals surface area contributed by atoms with E-state index in [2.05, 4.69) is 0 Å². The van der Waals surface area contributed by atoms with E-state index in [-0.39, 0.29) is 18.1 Å². The molecule has 1 aromatic rings. The quantitative estimate of drug-likeness (QED) is 0.831. The van der Waals surface area contributed by atoms with E-state index in [9.17, 15) is 4.79 Å². The lowest BCUT2D eigenvalue weighted by atomic mass is 10.1. The molecule has 1 amide bonds. The van der Waals surface area contributed by atoms with Gasteiger partial charge in [0.05, 0.1) is 30.2 Å². The number of hydrogen-bond acceptors (Lipinski definition) is 4. The molecule has 0 bridgehead atoms. The summed E-state index contributed by atoms with van der Waals surface area (Å²) in [4.78, 5) is 14.7. The molecule has 6 heteroatoms. The highest BCUT2D eigenvalue weighted by atomic mass is 35.5. The van der Waals surface area contributed by atoms with Crippen molar-refractivity contribution in [3.8, 4) is 11.5 Å². The van der Waals surface area contributed by atoms with Crippen molar-refractivity contribution in [2.45, 2.75) is 37.8 Å². The maximum absolute atomic E-state index is 12.7. The van der Waals surface area contributed by atoms with Crippen LogP contribution in [0.5, 0.6) is 11.5 Å². The first kappa shape index (κ1) is 15.1. The molecule has 2 fully saturated rings. The Bertz CT molecular complexity index is 621. The van der Waals surface area contributed by atoms with E-state index in [4.69, 9.17) is 25.8 Å². The van der Waals surface area contributed by atoms with Gasteiger partial charge in [-0.25, -0.2) is 0 Å². The van der Waals surface area contributed by atoms with Crippen LogP contribution in [-0.4, -0.2) is 49.3 Å². The Hall–Kier alpha value is -1.46. The highest BCUT2D eigenvalue weighted by Crippen LogP contribution is 2.38. The summed E-state index contributed by atoms with van der Waals surface area (Å²) in [6, 6.07) is 3.91. The van der Waals surface area contributed by atoms with E-state index in [1.807, 2.05) is 11.0 Å². The van der Waals surface area contributed by atoms with Crippen molar-refractivity contribution in [3.05, 3.63) is 22.7 Å². The fourth-order valence-corrected chi connectivity index (χ4v) is 4.07. The van der Waals surface area contributed by atoms with E-state index in [1.165, 1.54) is 0 Å². The minimum absolute atomic E-state index is 0.137. The maximum atomic E-state index is 12.7. The number of hydrogen-bond donors (Lipinski definition) is 0. The molecule has 0 N–H and O–H groups in total. The van der Waals surface area contributed by atoms with Crippen LogP contribution in [0.25, 0.3) is 0 Å². The summed E-state index contributed by atoms with van der Waals surface area (Å²) in [5.41, 5.74) is 0.866. The van der Waals surface area contributed by atoms with E-state index in [0.717, 1.165) is 24.8 Å². The van der Waals surface area contributed by atoms with E-state index in [1.54, 1.807) is 6.07 Å². The molecule has 0 radical (unpaired) electrons. The Morgan fingerprint density at radius 2 is 2.09 bits per heavy atom. The molecule has 1 aliphatic carbocycles. The average Bonchev–Trinajstić information content (AvgIpc) is 3.03. The van der Waals surface area contributed by atoms with E-state index < -0.39 is 0 Å². The Kier molecular flexibility index (Phi) is 4.07. The SMILES string of the molecule is O=C(Cc1cc(Cl)c2c(c1)OCCO2)N1CCO[C@@H]2CCC[C@H]21.